The summed E-state index contributed by atoms with van der Waals surface area (Å²) in [6, 6.07) is 7.94. The zero-order valence-electron chi connectivity index (χ0n) is 14.7. The van der Waals surface area contributed by atoms with Gasteiger partial charge in [0.05, 0.1) is 5.02 Å². The van der Waals surface area contributed by atoms with E-state index >= 15 is 0 Å². The second-order valence-corrected chi connectivity index (χ2v) is 7.04. The van der Waals surface area contributed by atoms with Crippen molar-refractivity contribution in [3.8, 4) is 5.75 Å². The summed E-state index contributed by atoms with van der Waals surface area (Å²) in [5, 5.41) is -0.175. The molecule has 2 aromatic carbocycles. The number of hydrogen-bond acceptors (Lipinski definition) is 2. The van der Waals surface area contributed by atoms with E-state index in [0.717, 1.165) is 36.1 Å². The van der Waals surface area contributed by atoms with Gasteiger partial charge in [0.1, 0.15) is 18.2 Å². The van der Waals surface area contributed by atoms with E-state index in [1.54, 1.807) is 0 Å². The summed E-state index contributed by atoms with van der Waals surface area (Å²) in [6.45, 7) is 2.02. The lowest BCUT2D eigenvalue weighted by molar-refractivity contribution is -0.118. The molecule has 138 valence electrons. The highest BCUT2D eigenvalue weighted by Gasteiger charge is 2.27. The van der Waals surface area contributed by atoms with E-state index in [9.17, 15) is 13.6 Å². The quantitative estimate of drug-likeness (QED) is 0.527. The van der Waals surface area contributed by atoms with Crippen molar-refractivity contribution >= 4 is 17.4 Å². The van der Waals surface area contributed by atoms with Gasteiger partial charge in [-0.15, -0.1) is 0 Å². The molecule has 26 heavy (non-hydrogen) atoms. The number of benzene rings is 2. The molecule has 0 aliphatic heterocycles. The van der Waals surface area contributed by atoms with Gasteiger partial charge in [0.25, 0.3) is 0 Å². The first kappa shape index (κ1) is 18.8. The molecule has 5 heteroatoms. The maximum absolute atomic E-state index is 13.9. The minimum atomic E-state index is -0.811. The number of hydrogen-bond donors (Lipinski definition) is 0. The van der Waals surface area contributed by atoms with E-state index in [-0.39, 0.29) is 23.2 Å². The van der Waals surface area contributed by atoms with E-state index < -0.39 is 11.6 Å². The zero-order chi connectivity index (χ0) is 18.7. The predicted octanol–water partition coefficient (Wildman–Crippen LogP) is 5.99. The molecule has 0 amide bonds. The van der Waals surface area contributed by atoms with Crippen LogP contribution in [0.4, 0.5) is 8.78 Å². The van der Waals surface area contributed by atoms with E-state index in [2.05, 4.69) is 6.07 Å². The van der Waals surface area contributed by atoms with Gasteiger partial charge in [-0.05, 0) is 41.9 Å². The van der Waals surface area contributed by atoms with Gasteiger partial charge in [0.15, 0.2) is 11.6 Å². The van der Waals surface area contributed by atoms with E-state index in [1.807, 2.05) is 19.1 Å². The Kier molecular flexibility index (Phi) is 5.92. The lowest BCUT2D eigenvalue weighted by Gasteiger charge is -2.16. The standard InChI is InChI=1S/C21H21ClF2O2/c1-2-15(25)9-8-13-4-3-5-16(14-6-7-14)17(13)12-26-21-10-18(22)19(23)11-20(21)24/h3-5,10-11,14H,2,6-9,12H2,1H3. The van der Waals surface area contributed by atoms with Crippen LogP contribution in [0.25, 0.3) is 0 Å². The van der Waals surface area contributed by atoms with Crippen LogP contribution in [0.3, 0.4) is 0 Å². The third-order valence-corrected chi connectivity index (χ3v) is 5.03. The van der Waals surface area contributed by atoms with Crippen LogP contribution in [0.5, 0.6) is 5.75 Å². The summed E-state index contributed by atoms with van der Waals surface area (Å²) in [6.07, 6.45) is 3.89. The minimum Gasteiger partial charge on any atom is -0.486 e. The highest BCUT2D eigenvalue weighted by atomic mass is 35.5. The Morgan fingerprint density at radius 3 is 2.69 bits per heavy atom. The normalized spacial score (nSPS) is 13.7. The molecule has 0 heterocycles. The molecule has 0 atom stereocenters. The van der Waals surface area contributed by atoms with E-state index in [4.69, 9.17) is 16.3 Å². The predicted molar refractivity (Wildman–Crippen MR) is 97.7 cm³/mol. The summed E-state index contributed by atoms with van der Waals surface area (Å²) in [7, 11) is 0. The number of carbonyl (C=O) groups excluding carboxylic acids is 1. The molecule has 0 spiro atoms. The number of Topliss-reactive ketones (excluding diaryl/α,β-unsaturated/α-hetero) is 1. The largest absolute Gasteiger partial charge is 0.486 e. The maximum atomic E-state index is 13.9. The van der Waals surface area contributed by atoms with Crippen LogP contribution >= 0.6 is 11.6 Å². The fourth-order valence-electron chi connectivity index (χ4n) is 3.06. The Bertz CT molecular complexity index is 816. The van der Waals surface area contributed by atoms with E-state index in [1.165, 1.54) is 5.56 Å². The van der Waals surface area contributed by atoms with Gasteiger partial charge in [-0.2, -0.15) is 0 Å². The molecule has 0 saturated heterocycles. The van der Waals surface area contributed by atoms with Crippen LogP contribution in [0.2, 0.25) is 5.02 Å². The van der Waals surface area contributed by atoms with Crippen molar-refractivity contribution in [2.24, 2.45) is 0 Å². The number of aryl methyl sites for hydroxylation is 1. The molecule has 2 nitrogen and oxygen atoms in total. The second-order valence-electron chi connectivity index (χ2n) is 6.64. The van der Waals surface area contributed by atoms with Crippen molar-refractivity contribution < 1.29 is 18.3 Å². The fourth-order valence-corrected chi connectivity index (χ4v) is 3.21. The molecule has 0 N–H and O–H groups in total. The Morgan fingerprint density at radius 2 is 2.00 bits per heavy atom. The number of ether oxygens (including phenoxy) is 1. The molecule has 0 aromatic heterocycles. The number of carbonyl (C=O) groups is 1. The van der Waals surface area contributed by atoms with Crippen LogP contribution in [-0.4, -0.2) is 5.78 Å². The SMILES string of the molecule is CCC(=O)CCc1cccc(C2CC2)c1COc1cc(Cl)c(F)cc1F. The van der Waals surface area contributed by atoms with Gasteiger partial charge in [0.2, 0.25) is 0 Å². The molecule has 1 aliphatic rings. The van der Waals surface area contributed by atoms with Gasteiger partial charge in [-0.3, -0.25) is 4.79 Å². The Balaban J connectivity index is 1.83. The number of rotatable bonds is 8. The van der Waals surface area contributed by atoms with Crippen LogP contribution in [-0.2, 0) is 17.8 Å². The van der Waals surface area contributed by atoms with Crippen LogP contribution in [0.1, 0.15) is 55.2 Å². The van der Waals surface area contributed by atoms with Crippen molar-refractivity contribution in [1.82, 2.24) is 0 Å². The molecule has 0 unspecified atom stereocenters. The van der Waals surface area contributed by atoms with Crippen LogP contribution in [0, 0.1) is 11.6 Å². The molecule has 0 radical (unpaired) electrons. The average molecular weight is 379 g/mol. The summed E-state index contributed by atoms with van der Waals surface area (Å²) in [4.78, 5) is 11.7. The molecule has 1 fully saturated rings. The lowest BCUT2D eigenvalue weighted by atomic mass is 9.94. The minimum absolute atomic E-state index is 0.0717. The summed E-state index contributed by atoms with van der Waals surface area (Å²) in [5.41, 5.74) is 3.24. The van der Waals surface area contributed by atoms with Gasteiger partial charge >= 0.3 is 0 Å². The number of halogens is 3. The third-order valence-electron chi connectivity index (χ3n) is 4.74. The third kappa shape index (κ3) is 4.42. The molecule has 1 saturated carbocycles. The fraction of sp³-hybridized carbons (Fsp3) is 0.381. The van der Waals surface area contributed by atoms with Crippen molar-refractivity contribution in [3.63, 3.8) is 0 Å². The first-order valence-electron chi connectivity index (χ1n) is 8.89. The number of ketones is 1. The van der Waals surface area contributed by atoms with Gasteiger partial charge < -0.3 is 4.74 Å². The highest BCUT2D eigenvalue weighted by molar-refractivity contribution is 6.30. The van der Waals surface area contributed by atoms with Crippen molar-refractivity contribution in [2.45, 2.75) is 51.6 Å². The highest BCUT2D eigenvalue weighted by Crippen LogP contribution is 2.43. The molecular weight excluding hydrogens is 358 g/mol. The van der Waals surface area contributed by atoms with Gasteiger partial charge in [0, 0.05) is 25.0 Å². The van der Waals surface area contributed by atoms with Crippen molar-refractivity contribution in [1.29, 1.82) is 0 Å². The lowest BCUT2D eigenvalue weighted by Crippen LogP contribution is -2.07. The van der Waals surface area contributed by atoms with Gasteiger partial charge in [-0.1, -0.05) is 36.7 Å². The average Bonchev–Trinajstić information content (AvgIpc) is 3.46. The monoisotopic (exact) mass is 378 g/mol. The first-order chi connectivity index (χ1) is 12.5. The Labute approximate surface area is 157 Å². The van der Waals surface area contributed by atoms with Crippen molar-refractivity contribution in [2.75, 3.05) is 0 Å². The maximum Gasteiger partial charge on any atom is 0.168 e. The molecule has 3 rings (SSSR count). The first-order valence-corrected chi connectivity index (χ1v) is 9.27. The molecular formula is C21H21ClF2O2. The van der Waals surface area contributed by atoms with Crippen LogP contribution in [0.15, 0.2) is 30.3 Å². The zero-order valence-corrected chi connectivity index (χ0v) is 15.4. The smallest absolute Gasteiger partial charge is 0.168 e. The second kappa shape index (κ2) is 8.17. The summed E-state index contributed by atoms with van der Waals surface area (Å²) in [5.74, 6) is -0.952. The molecule has 1 aliphatic carbocycles. The van der Waals surface area contributed by atoms with Gasteiger partial charge in [-0.25, -0.2) is 8.78 Å². The Hall–Kier alpha value is -1.94. The van der Waals surface area contributed by atoms with Crippen LogP contribution < -0.4 is 4.74 Å². The summed E-state index contributed by atoms with van der Waals surface area (Å²) >= 11 is 5.73. The summed E-state index contributed by atoms with van der Waals surface area (Å²) < 4.78 is 32.9. The Morgan fingerprint density at radius 1 is 1.23 bits per heavy atom. The molecule has 2 aromatic rings. The van der Waals surface area contributed by atoms with Crippen molar-refractivity contribution in [3.05, 3.63) is 63.7 Å². The van der Waals surface area contributed by atoms with E-state index in [0.29, 0.717) is 25.2 Å². The molecule has 0 bridgehead atoms. The topological polar surface area (TPSA) is 26.3 Å².